The molecule has 1 atom stereocenters. The van der Waals surface area contributed by atoms with Crippen molar-refractivity contribution in [3.8, 4) is 5.75 Å². The molecular weight excluding hydrogens is 286 g/mol. The van der Waals surface area contributed by atoms with E-state index in [1.165, 1.54) is 17.0 Å². The number of phenols is 1. The Morgan fingerprint density at radius 2 is 2.00 bits per heavy atom. The number of carboxylic acids is 1. The number of hydrogen-bond donors (Lipinski definition) is 4. The summed E-state index contributed by atoms with van der Waals surface area (Å²) in [4.78, 5) is 25.7. The molecule has 1 amide bonds. The van der Waals surface area contributed by atoms with E-state index in [1.807, 2.05) is 0 Å². The summed E-state index contributed by atoms with van der Waals surface area (Å²) < 4.78 is 0. The van der Waals surface area contributed by atoms with E-state index in [0.717, 1.165) is 18.0 Å². The molecule has 0 saturated carbocycles. The third-order valence-corrected chi connectivity index (χ3v) is 4.04. The molecule has 120 valence electrons. The van der Waals surface area contributed by atoms with Crippen LogP contribution in [0.5, 0.6) is 5.75 Å². The second-order valence-corrected chi connectivity index (χ2v) is 5.79. The lowest BCUT2D eigenvalue weighted by atomic mass is 10.1. The lowest BCUT2D eigenvalue weighted by Gasteiger charge is -2.33. The van der Waals surface area contributed by atoms with Gasteiger partial charge in [-0.05, 0) is 12.1 Å². The van der Waals surface area contributed by atoms with E-state index in [1.54, 1.807) is 12.1 Å². The number of aromatic hydroxyl groups is 1. The fourth-order valence-electron chi connectivity index (χ4n) is 2.72. The number of likely N-dealkylation sites (N-methyl/N-ethyl adjacent to an activating group) is 1. The summed E-state index contributed by atoms with van der Waals surface area (Å²) in [5.74, 6) is -1.54. The maximum atomic E-state index is 12.0. The van der Waals surface area contributed by atoms with Gasteiger partial charge in [-0.3, -0.25) is 4.79 Å². The predicted molar refractivity (Wildman–Crippen MR) is 77.5 cm³/mol. The minimum atomic E-state index is -1.19. The maximum Gasteiger partial charge on any atom is 0.230 e. The largest absolute Gasteiger partial charge is 0.544 e. The number of nitrogens with one attached hydrogen (secondary N) is 3. The van der Waals surface area contributed by atoms with E-state index in [-0.39, 0.29) is 12.2 Å². The van der Waals surface area contributed by atoms with Gasteiger partial charge in [0.05, 0.1) is 19.4 Å². The van der Waals surface area contributed by atoms with Crippen LogP contribution in [0.1, 0.15) is 6.42 Å². The zero-order chi connectivity index (χ0) is 16.1. The molecule has 22 heavy (non-hydrogen) atoms. The Morgan fingerprint density at radius 1 is 1.32 bits per heavy atom. The van der Waals surface area contributed by atoms with Crippen LogP contribution in [0.25, 0.3) is 0 Å². The fraction of sp³-hybridized carbons (Fsp3) is 0.467. The number of amides is 1. The van der Waals surface area contributed by atoms with Crippen LogP contribution in [0.2, 0.25) is 0 Å². The first kappa shape index (κ1) is 16.3. The van der Waals surface area contributed by atoms with E-state index in [4.69, 9.17) is 0 Å². The molecule has 0 radical (unpaired) electrons. The average molecular weight is 308 g/mol. The molecule has 7 nitrogen and oxygen atoms in total. The number of piperazine rings is 1. The van der Waals surface area contributed by atoms with E-state index in [0.29, 0.717) is 18.8 Å². The van der Waals surface area contributed by atoms with Crippen LogP contribution >= 0.6 is 0 Å². The van der Waals surface area contributed by atoms with Gasteiger partial charge in [0.2, 0.25) is 5.91 Å². The Bertz CT molecular complexity index is 541. The van der Waals surface area contributed by atoms with E-state index < -0.39 is 17.9 Å². The smallest absolute Gasteiger partial charge is 0.230 e. The molecule has 0 aromatic heterocycles. The SMILES string of the molecule is C[NH+]1CC[NH+]([C@H](CC(=O)Nc2cccc(O)c2)C(=O)[O-])CC1. The minimum absolute atomic E-state index is 0.0434. The molecule has 1 saturated heterocycles. The molecule has 1 aliphatic rings. The third-order valence-electron chi connectivity index (χ3n) is 4.04. The topological polar surface area (TPSA) is 98.3 Å². The molecule has 0 spiro atoms. The molecule has 1 aliphatic heterocycles. The highest BCUT2D eigenvalue weighted by Crippen LogP contribution is 2.15. The standard InChI is InChI=1S/C15H21N3O4/c1-17-5-7-18(8-6-17)13(15(21)22)10-14(20)16-11-3-2-4-12(19)9-11/h2-4,9,13,19H,5-8,10H2,1H3,(H,16,20)(H,21,22)/p+1/t13-/m1/s1. The Hall–Kier alpha value is -2.12. The van der Waals surface area contributed by atoms with Gasteiger partial charge in [-0.25, -0.2) is 0 Å². The average Bonchev–Trinajstić information content (AvgIpc) is 2.45. The normalized spacial score (nSPS) is 22.8. The molecule has 2 rings (SSSR count). The van der Waals surface area contributed by atoms with Gasteiger partial charge in [-0.1, -0.05) is 6.07 Å². The van der Waals surface area contributed by atoms with Crippen molar-refractivity contribution in [2.45, 2.75) is 12.5 Å². The number of carbonyl (C=O) groups is 2. The summed E-state index contributed by atoms with van der Waals surface area (Å²) in [5.41, 5.74) is 0.444. The van der Waals surface area contributed by atoms with Crippen molar-refractivity contribution in [1.82, 2.24) is 0 Å². The lowest BCUT2D eigenvalue weighted by molar-refractivity contribution is -1.01. The Morgan fingerprint density at radius 3 is 2.59 bits per heavy atom. The van der Waals surface area contributed by atoms with Gasteiger partial charge in [0, 0.05) is 11.8 Å². The highest BCUT2D eigenvalue weighted by atomic mass is 16.4. The molecule has 0 bridgehead atoms. The molecule has 1 aromatic carbocycles. The molecule has 1 fully saturated rings. The summed E-state index contributed by atoms with van der Waals surface area (Å²) in [6.45, 7) is 3.19. The summed E-state index contributed by atoms with van der Waals surface area (Å²) in [6.07, 6.45) is -0.133. The van der Waals surface area contributed by atoms with Gasteiger partial charge in [0.15, 0.2) is 0 Å². The van der Waals surface area contributed by atoms with Crippen LogP contribution in [0, 0.1) is 0 Å². The van der Waals surface area contributed by atoms with Crippen LogP contribution < -0.4 is 20.2 Å². The summed E-state index contributed by atoms with van der Waals surface area (Å²) in [5, 5.41) is 23.3. The lowest BCUT2D eigenvalue weighted by Crippen LogP contribution is -3.29. The molecule has 0 unspecified atom stereocenters. The number of carbonyl (C=O) groups excluding carboxylic acids is 2. The summed E-state index contributed by atoms with van der Waals surface area (Å²) in [6, 6.07) is 5.31. The van der Waals surface area contributed by atoms with Crippen molar-refractivity contribution < 1.29 is 29.6 Å². The Kier molecular flexibility index (Phi) is 5.35. The monoisotopic (exact) mass is 308 g/mol. The number of anilines is 1. The zero-order valence-corrected chi connectivity index (χ0v) is 12.6. The number of carboxylic acid groups (broad SMARTS) is 1. The number of phenolic OH excluding ortho intramolecular Hbond substituents is 1. The zero-order valence-electron chi connectivity index (χ0n) is 12.6. The first-order chi connectivity index (χ1) is 10.5. The van der Waals surface area contributed by atoms with E-state index in [9.17, 15) is 19.8 Å². The van der Waals surface area contributed by atoms with Crippen molar-refractivity contribution in [1.29, 1.82) is 0 Å². The van der Waals surface area contributed by atoms with Gasteiger partial charge in [0.1, 0.15) is 38.0 Å². The van der Waals surface area contributed by atoms with Gasteiger partial charge >= 0.3 is 0 Å². The van der Waals surface area contributed by atoms with E-state index >= 15 is 0 Å². The van der Waals surface area contributed by atoms with Gasteiger partial charge in [0.25, 0.3) is 0 Å². The highest BCUT2D eigenvalue weighted by Gasteiger charge is 2.30. The van der Waals surface area contributed by atoms with Crippen molar-refractivity contribution in [3.05, 3.63) is 24.3 Å². The summed E-state index contributed by atoms with van der Waals surface area (Å²) in [7, 11) is 2.07. The van der Waals surface area contributed by atoms with Crippen molar-refractivity contribution in [2.75, 3.05) is 38.5 Å². The van der Waals surface area contributed by atoms with Crippen LogP contribution in [0.4, 0.5) is 5.69 Å². The van der Waals surface area contributed by atoms with E-state index in [2.05, 4.69) is 12.4 Å². The third kappa shape index (κ3) is 4.44. The second-order valence-electron chi connectivity index (χ2n) is 5.79. The molecule has 4 N–H and O–H groups in total. The van der Waals surface area contributed by atoms with Crippen molar-refractivity contribution in [2.24, 2.45) is 0 Å². The van der Waals surface area contributed by atoms with Crippen molar-refractivity contribution >= 4 is 17.6 Å². The molecule has 1 aromatic rings. The fourth-order valence-corrected chi connectivity index (χ4v) is 2.72. The number of aliphatic carboxylic acids is 1. The number of benzene rings is 1. The number of quaternary nitrogens is 2. The molecule has 0 aliphatic carbocycles. The van der Waals surface area contributed by atoms with Crippen LogP contribution in [0.15, 0.2) is 24.3 Å². The highest BCUT2D eigenvalue weighted by molar-refractivity contribution is 5.93. The van der Waals surface area contributed by atoms with Gasteiger partial charge in [-0.2, -0.15) is 0 Å². The first-order valence-electron chi connectivity index (χ1n) is 7.41. The Labute approximate surface area is 129 Å². The molecule has 1 heterocycles. The molecule has 7 heteroatoms. The van der Waals surface area contributed by atoms with Crippen LogP contribution in [-0.4, -0.2) is 56.3 Å². The second kappa shape index (κ2) is 7.24. The molecular formula is C15H22N3O4+. The van der Waals surface area contributed by atoms with Crippen molar-refractivity contribution in [3.63, 3.8) is 0 Å². The quantitative estimate of drug-likeness (QED) is 0.449. The van der Waals surface area contributed by atoms with Crippen LogP contribution in [-0.2, 0) is 9.59 Å². The number of rotatable bonds is 5. The maximum absolute atomic E-state index is 12.0. The van der Waals surface area contributed by atoms with Gasteiger partial charge < -0.3 is 30.1 Å². The number of hydrogen-bond acceptors (Lipinski definition) is 4. The Balaban J connectivity index is 1.95. The summed E-state index contributed by atoms with van der Waals surface area (Å²) >= 11 is 0. The first-order valence-corrected chi connectivity index (χ1v) is 7.41. The minimum Gasteiger partial charge on any atom is -0.544 e. The van der Waals surface area contributed by atoms with Gasteiger partial charge in [-0.15, -0.1) is 0 Å². The predicted octanol–water partition coefficient (Wildman–Crippen LogP) is -3.75. The van der Waals surface area contributed by atoms with Crippen LogP contribution in [0.3, 0.4) is 0 Å².